The molecule has 7 heteroatoms. The number of benzene rings is 1. The number of anilines is 1. The molecule has 31 heavy (non-hydrogen) atoms. The van der Waals surface area contributed by atoms with E-state index in [1.54, 1.807) is 18.3 Å². The molecule has 2 atom stereocenters. The van der Waals surface area contributed by atoms with E-state index >= 15 is 0 Å². The topological polar surface area (TPSA) is 54.5 Å². The van der Waals surface area contributed by atoms with E-state index in [1.165, 1.54) is 45.2 Å². The second kappa shape index (κ2) is 10.7. The van der Waals surface area contributed by atoms with Crippen LogP contribution in [0.1, 0.15) is 37.7 Å². The number of carbonyl (C=O) groups is 1. The van der Waals surface area contributed by atoms with Gasteiger partial charge in [-0.2, -0.15) is 0 Å². The largest absolute Gasteiger partial charge is 0.484 e. The monoisotopic (exact) mass is 459 g/mol. The molecule has 0 spiro atoms. The Hall–Kier alpha value is -1.76. The summed E-state index contributed by atoms with van der Waals surface area (Å²) in [4.78, 5) is 19.4. The maximum Gasteiger partial charge on any atom is 0.262 e. The molecule has 2 aliphatic heterocycles. The molecule has 0 saturated carbocycles. The molecular weight excluding hydrogens is 430 g/mol. The summed E-state index contributed by atoms with van der Waals surface area (Å²) in [6.07, 6.45) is 8.45. The average molecular weight is 460 g/mol. The number of nitrogens with one attached hydrogen (secondary N) is 1. The Labute approximate surface area is 193 Å². The maximum absolute atomic E-state index is 12.2. The highest BCUT2D eigenvalue weighted by Crippen LogP contribution is 2.34. The summed E-state index contributed by atoms with van der Waals surface area (Å²) < 4.78 is 5.55. The fourth-order valence-electron chi connectivity index (χ4n) is 4.56. The van der Waals surface area contributed by atoms with Gasteiger partial charge in [-0.05, 0) is 87.5 Å². The van der Waals surface area contributed by atoms with Crippen LogP contribution in [0.15, 0.2) is 41.6 Å². The average Bonchev–Trinajstić information content (AvgIpc) is 2.79. The lowest BCUT2D eigenvalue weighted by molar-refractivity contribution is -0.118. The van der Waals surface area contributed by atoms with Crippen LogP contribution < -0.4 is 10.1 Å². The molecule has 1 aromatic heterocycles. The van der Waals surface area contributed by atoms with E-state index in [-0.39, 0.29) is 12.5 Å². The van der Waals surface area contributed by atoms with Gasteiger partial charge in [-0.25, -0.2) is 4.98 Å². The van der Waals surface area contributed by atoms with Crippen LogP contribution in [0, 0.1) is 12.8 Å². The van der Waals surface area contributed by atoms with Gasteiger partial charge in [0, 0.05) is 16.8 Å². The number of fused-ring (bicyclic) bond motifs is 1. The van der Waals surface area contributed by atoms with Gasteiger partial charge in [0.15, 0.2) is 6.61 Å². The number of aromatic nitrogens is 1. The molecular formula is C24H30ClN3O2S. The van der Waals surface area contributed by atoms with E-state index in [0.29, 0.717) is 16.5 Å². The summed E-state index contributed by atoms with van der Waals surface area (Å²) >= 11 is 7.85. The number of pyridine rings is 1. The van der Waals surface area contributed by atoms with Crippen molar-refractivity contribution >= 4 is 35.0 Å². The maximum atomic E-state index is 12.2. The lowest BCUT2D eigenvalue weighted by atomic mass is 9.85. The highest BCUT2D eigenvalue weighted by Gasteiger charge is 2.32. The molecule has 0 unspecified atom stereocenters. The number of ether oxygens (including phenoxy) is 1. The molecule has 1 aromatic carbocycles. The molecule has 2 fully saturated rings. The summed E-state index contributed by atoms with van der Waals surface area (Å²) in [6.45, 7) is 4.40. The van der Waals surface area contributed by atoms with Crippen molar-refractivity contribution in [2.24, 2.45) is 5.92 Å². The third-order valence-corrected chi connectivity index (χ3v) is 7.75. The van der Waals surface area contributed by atoms with Gasteiger partial charge in [0.1, 0.15) is 5.75 Å². The highest BCUT2D eigenvalue weighted by molar-refractivity contribution is 7.99. The predicted molar refractivity (Wildman–Crippen MR) is 127 cm³/mol. The molecule has 3 heterocycles. The molecule has 2 aromatic rings. The first-order valence-electron chi connectivity index (χ1n) is 11.1. The molecule has 5 nitrogen and oxygen atoms in total. The summed E-state index contributed by atoms with van der Waals surface area (Å²) in [5.41, 5.74) is 1.60. The van der Waals surface area contributed by atoms with Gasteiger partial charge >= 0.3 is 0 Å². The molecule has 166 valence electrons. The first-order valence-corrected chi connectivity index (χ1v) is 12.5. The zero-order chi connectivity index (χ0) is 21.6. The number of piperidine rings is 2. The van der Waals surface area contributed by atoms with Gasteiger partial charge in [0.25, 0.3) is 5.91 Å². The fourth-order valence-corrected chi connectivity index (χ4v) is 5.74. The first-order chi connectivity index (χ1) is 15.1. The van der Waals surface area contributed by atoms with E-state index in [0.717, 1.165) is 28.3 Å². The SMILES string of the molecule is Cc1cc(OCC(=O)Nc2ccc(SC[C@@H]3CCCN4CCCC[C@H]34)nc2)ccc1Cl. The first kappa shape index (κ1) is 22.4. The number of aryl methyl sites for hydroxylation is 1. The molecule has 2 saturated heterocycles. The quantitative estimate of drug-likeness (QED) is 0.560. The number of thioether (sulfide) groups is 1. The molecule has 1 amide bonds. The van der Waals surface area contributed by atoms with Crippen LogP contribution in [0.5, 0.6) is 5.75 Å². The van der Waals surface area contributed by atoms with Gasteiger partial charge < -0.3 is 15.0 Å². The zero-order valence-corrected chi connectivity index (χ0v) is 19.6. The van der Waals surface area contributed by atoms with Gasteiger partial charge in [0.2, 0.25) is 0 Å². The Balaban J connectivity index is 1.23. The second-order valence-corrected chi connectivity index (χ2v) is 9.89. The minimum absolute atomic E-state index is 0.0584. The van der Waals surface area contributed by atoms with Crippen molar-refractivity contribution in [2.45, 2.75) is 50.1 Å². The highest BCUT2D eigenvalue weighted by atomic mass is 35.5. The lowest BCUT2D eigenvalue weighted by Gasteiger charge is -2.44. The Morgan fingerprint density at radius 2 is 2.10 bits per heavy atom. The second-order valence-electron chi connectivity index (χ2n) is 8.45. The molecule has 1 N–H and O–H groups in total. The molecule has 4 rings (SSSR count). The molecule has 0 bridgehead atoms. The summed E-state index contributed by atoms with van der Waals surface area (Å²) in [7, 11) is 0. The van der Waals surface area contributed by atoms with Gasteiger partial charge in [0.05, 0.1) is 16.9 Å². The Morgan fingerprint density at radius 1 is 1.23 bits per heavy atom. The van der Waals surface area contributed by atoms with Crippen LogP contribution >= 0.6 is 23.4 Å². The van der Waals surface area contributed by atoms with Crippen molar-refractivity contribution in [3.8, 4) is 5.75 Å². The van der Waals surface area contributed by atoms with Crippen LogP contribution in [0.2, 0.25) is 5.02 Å². The van der Waals surface area contributed by atoms with Crippen LogP contribution in [0.4, 0.5) is 5.69 Å². The Kier molecular flexibility index (Phi) is 7.75. The minimum atomic E-state index is -0.214. The van der Waals surface area contributed by atoms with E-state index in [9.17, 15) is 4.79 Å². The standard InChI is InChI=1S/C24H30ClN3O2S/c1-17-13-20(8-9-21(17)25)30-15-23(29)27-19-7-10-24(26-14-19)31-16-18-5-4-12-28-11-3-2-6-22(18)28/h7-10,13-14,18,22H,2-6,11-12,15-16H2,1H3,(H,27,29)/t18-,22+/m0/s1. The van der Waals surface area contributed by atoms with E-state index in [2.05, 4.69) is 15.2 Å². The summed E-state index contributed by atoms with van der Waals surface area (Å²) in [6, 6.07) is 10.0. The number of halogens is 1. The minimum Gasteiger partial charge on any atom is -0.484 e. The third-order valence-electron chi connectivity index (χ3n) is 6.19. The lowest BCUT2D eigenvalue weighted by Crippen LogP contribution is -2.48. The smallest absolute Gasteiger partial charge is 0.262 e. The molecule has 2 aliphatic rings. The summed E-state index contributed by atoms with van der Waals surface area (Å²) in [5, 5.41) is 4.53. The zero-order valence-electron chi connectivity index (χ0n) is 18.0. The Bertz CT molecular complexity index is 891. The van der Waals surface area contributed by atoms with E-state index in [1.807, 2.05) is 36.9 Å². The number of carbonyl (C=O) groups excluding carboxylic acids is 1. The Morgan fingerprint density at radius 3 is 2.90 bits per heavy atom. The summed E-state index contributed by atoms with van der Waals surface area (Å²) in [5.74, 6) is 2.29. The number of rotatable bonds is 7. The number of hydrogen-bond donors (Lipinski definition) is 1. The third kappa shape index (κ3) is 6.15. The normalized spacial score (nSPS) is 21.4. The number of hydrogen-bond acceptors (Lipinski definition) is 5. The number of amides is 1. The van der Waals surface area contributed by atoms with Crippen molar-refractivity contribution in [3.05, 3.63) is 47.1 Å². The van der Waals surface area contributed by atoms with Crippen LogP contribution in [0.3, 0.4) is 0 Å². The van der Waals surface area contributed by atoms with E-state index in [4.69, 9.17) is 16.3 Å². The van der Waals surface area contributed by atoms with Crippen LogP contribution in [-0.2, 0) is 4.79 Å². The van der Waals surface area contributed by atoms with Crippen molar-refractivity contribution in [2.75, 3.05) is 30.8 Å². The van der Waals surface area contributed by atoms with Crippen molar-refractivity contribution in [1.29, 1.82) is 0 Å². The van der Waals surface area contributed by atoms with Crippen LogP contribution in [-0.4, -0.2) is 47.3 Å². The molecule has 0 aliphatic carbocycles. The van der Waals surface area contributed by atoms with Crippen molar-refractivity contribution < 1.29 is 9.53 Å². The van der Waals surface area contributed by atoms with Crippen LogP contribution in [0.25, 0.3) is 0 Å². The van der Waals surface area contributed by atoms with E-state index < -0.39 is 0 Å². The predicted octanol–water partition coefficient (Wildman–Crippen LogP) is 5.42. The van der Waals surface area contributed by atoms with Crippen molar-refractivity contribution in [1.82, 2.24) is 9.88 Å². The van der Waals surface area contributed by atoms with Gasteiger partial charge in [-0.1, -0.05) is 18.0 Å². The van der Waals surface area contributed by atoms with Gasteiger partial charge in [-0.3, -0.25) is 4.79 Å². The van der Waals surface area contributed by atoms with Gasteiger partial charge in [-0.15, -0.1) is 11.8 Å². The van der Waals surface area contributed by atoms with Crippen molar-refractivity contribution in [3.63, 3.8) is 0 Å². The fraction of sp³-hybridized carbons (Fsp3) is 0.500. The number of nitrogens with zero attached hydrogens (tertiary/aromatic N) is 2. The molecule has 0 radical (unpaired) electrons.